The van der Waals surface area contributed by atoms with Gasteiger partial charge in [-0.1, -0.05) is 25.3 Å². The maximum atomic E-state index is 15.2. The van der Waals surface area contributed by atoms with E-state index in [0.717, 1.165) is 100 Å². The summed E-state index contributed by atoms with van der Waals surface area (Å²) in [6.45, 7) is 16.4. The maximum absolute atomic E-state index is 15.2. The summed E-state index contributed by atoms with van der Waals surface area (Å²) in [6, 6.07) is 24.2. The lowest BCUT2D eigenvalue weighted by molar-refractivity contribution is -0.112. The highest BCUT2D eigenvalue weighted by molar-refractivity contribution is 6.00. The number of piperazine rings is 2. The van der Waals surface area contributed by atoms with Crippen LogP contribution in [0.1, 0.15) is 5.56 Å². The Labute approximate surface area is 462 Å². The first-order valence-electron chi connectivity index (χ1n) is 26.4. The second-order valence-electron chi connectivity index (χ2n) is 20.0. The minimum absolute atomic E-state index is 0.261. The Hall–Kier alpha value is -9.12. The highest BCUT2D eigenvalue weighted by Crippen LogP contribution is 2.39. The molecule has 3 saturated heterocycles. The summed E-state index contributed by atoms with van der Waals surface area (Å²) in [5, 5.41) is 13.2. The predicted octanol–water partition coefficient (Wildman–Crippen LogP) is 8.94. The van der Waals surface area contributed by atoms with Gasteiger partial charge in [0.25, 0.3) is 0 Å². The zero-order valence-corrected chi connectivity index (χ0v) is 45.2. The number of rotatable bonds is 18. The molecule has 4 aromatic heterocycles. The van der Waals surface area contributed by atoms with Crippen molar-refractivity contribution in [3.63, 3.8) is 0 Å². The van der Waals surface area contributed by atoms with Crippen LogP contribution in [0.25, 0.3) is 22.1 Å². The van der Waals surface area contributed by atoms with Crippen molar-refractivity contribution in [2.24, 2.45) is 0 Å². The molecule has 6 N–H and O–H groups in total. The van der Waals surface area contributed by atoms with Gasteiger partial charge in [-0.15, -0.1) is 0 Å². The largest absolute Gasteiger partial charge is 0.438 e. The molecule has 0 atom stereocenters. The number of aromatic nitrogens is 6. The average Bonchev–Trinajstić information content (AvgIpc) is 4.16. The van der Waals surface area contributed by atoms with Crippen molar-refractivity contribution in [2.45, 2.75) is 6.42 Å². The van der Waals surface area contributed by atoms with Gasteiger partial charge in [-0.05, 0) is 113 Å². The van der Waals surface area contributed by atoms with Crippen LogP contribution in [-0.4, -0.2) is 157 Å². The van der Waals surface area contributed by atoms with E-state index in [1.807, 2.05) is 38.6 Å². The standard InChI is InChI=1S/C30H35FN8O2.C28H29FN8O2/c1-5-26(40)33-21-7-6-8-23(17-21)41-29-27-20(11-12-37(2)3)19-32-28(27)35-30(36-29)34-22-9-10-25(24(31)18-22)39-15-13-38(4)14-16-39;1-3-24(38)31-18-5-4-6-20(15-18)39-27-25-23(37-13-14-37)17-30-26(25)33-28(34-27)32-19-7-8-22(21(29)16-19)36-11-9-35(2)10-12-36/h5-10,17-19H,1,11-16H2,2-4H3,(H,33,40)(H2,32,34,35,36);3-8,15-17H,1,9-14H2,2H3,(H,31,38)(H2,30,32,33,34). The molecule has 20 nitrogen and oxygen atoms in total. The Morgan fingerprint density at radius 2 is 1.04 bits per heavy atom. The van der Waals surface area contributed by atoms with Crippen LogP contribution in [0.5, 0.6) is 23.3 Å². The summed E-state index contributed by atoms with van der Waals surface area (Å²) in [4.78, 5) is 61.5. The van der Waals surface area contributed by atoms with Crippen LogP contribution in [0.15, 0.2) is 123 Å². The van der Waals surface area contributed by atoms with E-state index in [-0.39, 0.29) is 35.3 Å². The third-order valence-corrected chi connectivity index (χ3v) is 13.8. The number of halogens is 2. The molecular weight excluding hydrogens is 1020 g/mol. The smallest absolute Gasteiger partial charge is 0.247 e. The number of ether oxygens (including phenoxy) is 2. The summed E-state index contributed by atoms with van der Waals surface area (Å²) < 4.78 is 42.8. The summed E-state index contributed by atoms with van der Waals surface area (Å²) in [5.41, 5.74) is 6.51. The summed E-state index contributed by atoms with van der Waals surface area (Å²) in [5.74, 6) is 0.940. The minimum atomic E-state index is -0.319. The molecule has 3 aliphatic heterocycles. The minimum Gasteiger partial charge on any atom is -0.438 e. The van der Waals surface area contributed by atoms with E-state index in [1.165, 1.54) is 24.3 Å². The van der Waals surface area contributed by atoms with Crippen molar-refractivity contribution in [1.82, 2.24) is 44.6 Å². The van der Waals surface area contributed by atoms with Crippen LogP contribution in [0.4, 0.5) is 60.5 Å². The third kappa shape index (κ3) is 13.2. The van der Waals surface area contributed by atoms with Crippen LogP contribution in [0.3, 0.4) is 0 Å². The van der Waals surface area contributed by atoms with E-state index < -0.39 is 0 Å². The van der Waals surface area contributed by atoms with Crippen molar-refractivity contribution in [3.05, 3.63) is 140 Å². The molecule has 80 heavy (non-hydrogen) atoms. The number of anilines is 9. The Morgan fingerprint density at radius 3 is 1.50 bits per heavy atom. The molecule has 0 aliphatic carbocycles. The number of fused-ring (bicyclic) bond motifs is 2. The first-order chi connectivity index (χ1) is 38.7. The maximum Gasteiger partial charge on any atom is 0.247 e. The molecule has 0 saturated carbocycles. The van der Waals surface area contributed by atoms with Crippen LogP contribution in [0.2, 0.25) is 0 Å². The van der Waals surface area contributed by atoms with Crippen LogP contribution in [0, 0.1) is 11.6 Å². The molecule has 0 unspecified atom stereocenters. The Kier molecular flexibility index (Phi) is 16.5. The van der Waals surface area contributed by atoms with Crippen LogP contribution >= 0.6 is 0 Å². The topological polar surface area (TPSA) is 203 Å². The lowest BCUT2D eigenvalue weighted by Gasteiger charge is -2.34. The molecule has 3 fully saturated rings. The number of nitrogens with zero attached hydrogens (tertiary/aromatic N) is 10. The SMILES string of the molecule is C=CC(=O)Nc1cccc(Oc2nc(Nc3ccc(N4CCN(C)CC4)c(F)c3)nc3[nH]cc(CCN(C)C)c23)c1.C=CC(=O)Nc1cccc(Oc2nc(Nc3ccc(N4CCN(C)CC4)c(F)c3)nc3[nH]cc(N4CC4)c23)c1. The quantitative estimate of drug-likeness (QED) is 0.0351. The van der Waals surface area contributed by atoms with E-state index in [0.29, 0.717) is 68.7 Å². The molecule has 22 heteroatoms. The first-order valence-corrected chi connectivity index (χ1v) is 26.4. The molecule has 414 valence electrons. The summed E-state index contributed by atoms with van der Waals surface area (Å²) in [6.07, 6.45) is 6.96. The molecule has 4 aromatic carbocycles. The second-order valence-corrected chi connectivity index (χ2v) is 20.0. The lowest BCUT2D eigenvalue weighted by atomic mass is 10.1. The second kappa shape index (κ2) is 24.3. The number of likely N-dealkylation sites (N-methyl/N-ethyl adjacent to an activating group) is 3. The summed E-state index contributed by atoms with van der Waals surface area (Å²) in [7, 11) is 8.17. The molecule has 8 aromatic rings. The van der Waals surface area contributed by atoms with Gasteiger partial charge in [0.05, 0.1) is 22.4 Å². The van der Waals surface area contributed by atoms with Crippen molar-refractivity contribution in [2.75, 3.05) is 136 Å². The number of carbonyl (C=O) groups excluding carboxylic acids is 2. The fourth-order valence-corrected chi connectivity index (χ4v) is 9.31. The highest BCUT2D eigenvalue weighted by Gasteiger charge is 2.27. The number of aromatic amines is 2. The van der Waals surface area contributed by atoms with E-state index >= 15 is 8.78 Å². The van der Waals surface area contributed by atoms with E-state index in [4.69, 9.17) is 9.47 Å². The van der Waals surface area contributed by atoms with E-state index in [1.54, 1.807) is 60.7 Å². The predicted molar refractivity (Wildman–Crippen MR) is 312 cm³/mol. The van der Waals surface area contributed by atoms with Gasteiger partial charge >= 0.3 is 0 Å². The number of amides is 2. The normalized spacial score (nSPS) is 14.6. The van der Waals surface area contributed by atoms with E-state index in [9.17, 15) is 9.59 Å². The van der Waals surface area contributed by atoms with Gasteiger partial charge in [0.15, 0.2) is 0 Å². The first kappa shape index (κ1) is 54.2. The Bertz CT molecular complexity index is 3550. The number of hydrogen-bond acceptors (Lipinski definition) is 16. The van der Waals surface area contributed by atoms with Crippen molar-refractivity contribution >= 4 is 85.6 Å². The monoisotopic (exact) mass is 1090 g/mol. The number of benzene rings is 4. The Balaban J connectivity index is 0.000000180. The number of H-pyrrole nitrogens is 2. The van der Waals surface area contributed by atoms with Gasteiger partial charge < -0.3 is 70.1 Å². The van der Waals surface area contributed by atoms with Gasteiger partial charge in [-0.2, -0.15) is 19.9 Å². The van der Waals surface area contributed by atoms with Crippen LogP contribution < -0.4 is 45.4 Å². The molecule has 11 rings (SSSR count). The highest BCUT2D eigenvalue weighted by atomic mass is 19.1. The third-order valence-electron chi connectivity index (χ3n) is 13.8. The van der Waals surface area contributed by atoms with Gasteiger partial charge in [0.2, 0.25) is 35.5 Å². The van der Waals surface area contributed by atoms with Gasteiger partial charge in [-0.25, -0.2) is 8.78 Å². The number of nitrogens with one attached hydrogen (secondary N) is 6. The zero-order chi connectivity index (χ0) is 55.9. The van der Waals surface area contributed by atoms with Gasteiger partial charge in [-0.3, -0.25) is 9.59 Å². The fraction of sp³-hybridized carbons (Fsp3) is 0.276. The van der Waals surface area contributed by atoms with Crippen molar-refractivity contribution in [1.29, 1.82) is 0 Å². The van der Waals surface area contributed by atoms with E-state index in [2.05, 4.69) is 108 Å². The molecule has 0 radical (unpaired) electrons. The Morgan fingerprint density at radius 1 is 0.588 bits per heavy atom. The molecule has 2 amide bonds. The van der Waals surface area contributed by atoms with Crippen molar-refractivity contribution in [3.8, 4) is 23.3 Å². The fourth-order valence-electron chi connectivity index (χ4n) is 9.31. The average molecular weight is 1090 g/mol. The molecule has 0 bridgehead atoms. The molecule has 3 aliphatic rings. The molecule has 7 heterocycles. The van der Waals surface area contributed by atoms with Crippen molar-refractivity contribution < 1.29 is 27.8 Å². The molecule has 0 spiro atoms. The summed E-state index contributed by atoms with van der Waals surface area (Å²) >= 11 is 0. The molecular formula is C58H64F2N16O4. The van der Waals surface area contributed by atoms with Gasteiger partial charge in [0.1, 0.15) is 39.8 Å². The lowest BCUT2D eigenvalue weighted by Crippen LogP contribution is -2.44. The van der Waals surface area contributed by atoms with Crippen LogP contribution in [-0.2, 0) is 16.0 Å². The van der Waals surface area contributed by atoms with Gasteiger partial charge in [0, 0.05) is 119 Å². The number of carbonyl (C=O) groups is 2. The number of hydrogen-bond donors (Lipinski definition) is 6. The zero-order valence-electron chi connectivity index (χ0n) is 45.2.